The maximum Gasteiger partial charge on any atom is 0.328 e. The number of aromatic amines is 1. The van der Waals surface area contributed by atoms with Gasteiger partial charge < -0.3 is 20.4 Å². The van der Waals surface area contributed by atoms with E-state index in [0.29, 0.717) is 25.7 Å². The molecule has 2 atom stereocenters. The van der Waals surface area contributed by atoms with E-state index in [4.69, 9.17) is 4.74 Å². The van der Waals surface area contributed by atoms with E-state index in [0.717, 1.165) is 16.5 Å². The van der Waals surface area contributed by atoms with E-state index in [1.165, 1.54) is 7.11 Å². The number of carbonyl (C=O) groups excluding carboxylic acids is 3. The normalized spacial score (nSPS) is 13.0. The van der Waals surface area contributed by atoms with E-state index in [-0.39, 0.29) is 0 Å². The number of nitrogens with one attached hydrogen (secondary N) is 3. The van der Waals surface area contributed by atoms with Crippen LogP contribution in [-0.2, 0) is 25.5 Å². The second-order valence-electron chi connectivity index (χ2n) is 5.77. The molecule has 0 aliphatic heterocycles. The number of aromatic nitrogens is 1. The van der Waals surface area contributed by atoms with Gasteiger partial charge in [0.1, 0.15) is 12.1 Å². The van der Waals surface area contributed by atoms with Crippen molar-refractivity contribution < 1.29 is 19.1 Å². The predicted molar refractivity (Wildman–Crippen MR) is 93.8 cm³/mol. The number of amides is 2. The van der Waals surface area contributed by atoms with Gasteiger partial charge >= 0.3 is 5.97 Å². The number of esters is 1. The van der Waals surface area contributed by atoms with Gasteiger partial charge in [0.05, 0.1) is 7.11 Å². The molecule has 7 heteroatoms. The smallest absolute Gasteiger partial charge is 0.328 e. The first kappa shape index (κ1) is 18.5. The Bertz CT molecular complexity index is 741. The van der Waals surface area contributed by atoms with Crippen LogP contribution in [0.25, 0.3) is 10.9 Å². The zero-order valence-electron chi connectivity index (χ0n) is 14.4. The molecule has 1 heterocycles. The topological polar surface area (TPSA) is 100 Å². The lowest BCUT2D eigenvalue weighted by Crippen LogP contribution is -2.51. The van der Waals surface area contributed by atoms with Crippen molar-refractivity contribution in [2.45, 2.75) is 38.3 Å². The van der Waals surface area contributed by atoms with Crippen molar-refractivity contribution in [1.29, 1.82) is 0 Å². The summed E-state index contributed by atoms with van der Waals surface area (Å²) in [7, 11) is 1.28. The molecular weight excluding hydrogens is 322 g/mol. The molecule has 134 valence electrons. The van der Waals surface area contributed by atoms with E-state index in [1.54, 1.807) is 0 Å². The molecule has 0 saturated carbocycles. The van der Waals surface area contributed by atoms with Crippen LogP contribution < -0.4 is 10.6 Å². The van der Waals surface area contributed by atoms with E-state index in [1.807, 2.05) is 37.4 Å². The molecule has 1 aromatic carbocycles. The molecule has 2 amide bonds. The second-order valence-corrected chi connectivity index (χ2v) is 5.77. The number of ether oxygens (including phenoxy) is 1. The van der Waals surface area contributed by atoms with E-state index in [9.17, 15) is 14.4 Å². The Morgan fingerprint density at radius 2 is 2.04 bits per heavy atom. The number of benzene rings is 1. The lowest BCUT2D eigenvalue weighted by molar-refractivity contribution is -0.145. The van der Waals surface area contributed by atoms with Crippen molar-refractivity contribution >= 4 is 29.2 Å². The Balaban J connectivity index is 2.14. The molecule has 25 heavy (non-hydrogen) atoms. The highest BCUT2D eigenvalue weighted by Gasteiger charge is 2.26. The summed E-state index contributed by atoms with van der Waals surface area (Å²) in [6, 6.07) is 6.22. The fourth-order valence-corrected chi connectivity index (χ4v) is 2.78. The number of hydrogen-bond donors (Lipinski definition) is 3. The molecule has 0 bridgehead atoms. The van der Waals surface area contributed by atoms with Crippen molar-refractivity contribution in [3.8, 4) is 0 Å². The molecule has 0 aliphatic rings. The number of carbonyl (C=O) groups is 3. The van der Waals surface area contributed by atoms with Crippen molar-refractivity contribution in [1.82, 2.24) is 15.6 Å². The third-order valence-corrected chi connectivity index (χ3v) is 4.06. The molecule has 1 aromatic heterocycles. The zero-order valence-corrected chi connectivity index (χ0v) is 14.4. The Morgan fingerprint density at radius 3 is 2.72 bits per heavy atom. The van der Waals surface area contributed by atoms with Crippen LogP contribution in [0, 0.1) is 0 Å². The summed E-state index contributed by atoms with van der Waals surface area (Å²) in [5, 5.41) is 6.19. The quantitative estimate of drug-likeness (QED) is 0.471. The third-order valence-electron chi connectivity index (χ3n) is 4.06. The summed E-state index contributed by atoms with van der Waals surface area (Å²) in [6.07, 6.45) is 3.81. The van der Waals surface area contributed by atoms with Gasteiger partial charge in [-0.15, -0.1) is 0 Å². The summed E-state index contributed by atoms with van der Waals surface area (Å²) in [5.74, 6) is -0.909. The SMILES string of the molecule is CCC[C@H](NC(=O)C(Cc1c[nH]c2ccccc12)NC=O)C(=O)OC. The molecule has 0 spiro atoms. The molecule has 0 radical (unpaired) electrons. The maximum atomic E-state index is 12.6. The lowest BCUT2D eigenvalue weighted by Gasteiger charge is -2.20. The van der Waals surface area contributed by atoms with Crippen LogP contribution in [0.4, 0.5) is 0 Å². The van der Waals surface area contributed by atoms with Crippen LogP contribution in [0.3, 0.4) is 0 Å². The van der Waals surface area contributed by atoms with Crippen molar-refractivity contribution in [2.75, 3.05) is 7.11 Å². The summed E-state index contributed by atoms with van der Waals surface area (Å²) >= 11 is 0. The standard InChI is InChI=1S/C18H23N3O4/c1-3-6-15(18(24)25-2)21-17(23)16(20-11-22)9-12-10-19-14-8-5-4-7-13(12)14/h4-5,7-8,10-11,15-16,19H,3,6,9H2,1-2H3,(H,20,22)(H,21,23)/t15-,16?/m0/s1. The third kappa shape index (κ3) is 4.59. The molecule has 0 fully saturated rings. The first-order valence-corrected chi connectivity index (χ1v) is 8.23. The molecular formula is C18H23N3O4. The summed E-state index contributed by atoms with van der Waals surface area (Å²) in [6.45, 7) is 1.91. The molecule has 7 nitrogen and oxygen atoms in total. The first-order valence-electron chi connectivity index (χ1n) is 8.23. The minimum Gasteiger partial charge on any atom is -0.467 e. The predicted octanol–water partition coefficient (Wildman–Crippen LogP) is 1.28. The highest BCUT2D eigenvalue weighted by Crippen LogP contribution is 2.19. The largest absolute Gasteiger partial charge is 0.467 e. The van der Waals surface area contributed by atoms with E-state index < -0.39 is 24.0 Å². The molecule has 2 aromatic rings. The summed E-state index contributed by atoms with van der Waals surface area (Å²) < 4.78 is 4.72. The average Bonchev–Trinajstić information content (AvgIpc) is 3.03. The van der Waals surface area contributed by atoms with Gasteiger partial charge in [0.25, 0.3) is 0 Å². The summed E-state index contributed by atoms with van der Waals surface area (Å²) in [4.78, 5) is 38.4. The fraction of sp³-hybridized carbons (Fsp3) is 0.389. The molecule has 2 rings (SSSR count). The van der Waals surface area contributed by atoms with Gasteiger partial charge in [-0.3, -0.25) is 9.59 Å². The highest BCUT2D eigenvalue weighted by molar-refractivity contribution is 5.90. The van der Waals surface area contributed by atoms with Gasteiger partial charge in [0.2, 0.25) is 12.3 Å². The van der Waals surface area contributed by atoms with Gasteiger partial charge in [-0.1, -0.05) is 31.5 Å². The second kappa shape index (κ2) is 8.86. The van der Waals surface area contributed by atoms with Gasteiger partial charge in [0.15, 0.2) is 0 Å². The maximum absolute atomic E-state index is 12.6. The number of para-hydroxylation sites is 1. The molecule has 1 unspecified atom stereocenters. The van der Waals surface area contributed by atoms with E-state index >= 15 is 0 Å². The minimum atomic E-state index is -0.777. The first-order chi connectivity index (χ1) is 12.1. The average molecular weight is 345 g/mol. The Labute approximate surface area is 146 Å². The zero-order chi connectivity index (χ0) is 18.2. The minimum absolute atomic E-state index is 0.314. The van der Waals surface area contributed by atoms with Crippen molar-refractivity contribution in [3.63, 3.8) is 0 Å². The Kier molecular flexibility index (Phi) is 6.56. The van der Waals surface area contributed by atoms with Crippen LogP contribution in [0.15, 0.2) is 30.5 Å². The van der Waals surface area contributed by atoms with Crippen LogP contribution in [0.5, 0.6) is 0 Å². The number of hydrogen-bond acceptors (Lipinski definition) is 4. The van der Waals surface area contributed by atoms with Crippen LogP contribution in [0.2, 0.25) is 0 Å². The number of H-pyrrole nitrogens is 1. The van der Waals surface area contributed by atoms with Crippen molar-refractivity contribution in [3.05, 3.63) is 36.0 Å². The van der Waals surface area contributed by atoms with Crippen LogP contribution >= 0.6 is 0 Å². The number of rotatable bonds is 9. The highest BCUT2D eigenvalue weighted by atomic mass is 16.5. The van der Waals surface area contributed by atoms with Gasteiger partial charge in [0, 0.05) is 23.5 Å². The van der Waals surface area contributed by atoms with Crippen molar-refractivity contribution in [2.24, 2.45) is 0 Å². The van der Waals surface area contributed by atoms with Gasteiger partial charge in [-0.25, -0.2) is 4.79 Å². The fourth-order valence-electron chi connectivity index (χ4n) is 2.78. The number of fused-ring (bicyclic) bond motifs is 1. The molecule has 0 saturated heterocycles. The van der Waals surface area contributed by atoms with E-state index in [2.05, 4.69) is 15.6 Å². The monoisotopic (exact) mass is 345 g/mol. The lowest BCUT2D eigenvalue weighted by atomic mass is 10.0. The van der Waals surface area contributed by atoms with Crippen LogP contribution in [-0.4, -0.2) is 42.5 Å². The Hall–Kier alpha value is -2.83. The Morgan fingerprint density at radius 1 is 1.28 bits per heavy atom. The van der Waals surface area contributed by atoms with Gasteiger partial charge in [-0.2, -0.15) is 0 Å². The number of methoxy groups -OCH3 is 1. The van der Waals surface area contributed by atoms with Crippen LogP contribution in [0.1, 0.15) is 25.3 Å². The van der Waals surface area contributed by atoms with Gasteiger partial charge in [-0.05, 0) is 18.1 Å². The molecule has 3 N–H and O–H groups in total. The molecule has 0 aliphatic carbocycles. The summed E-state index contributed by atoms with van der Waals surface area (Å²) in [5.41, 5.74) is 1.87.